The van der Waals surface area contributed by atoms with Crippen molar-refractivity contribution in [3.63, 3.8) is 0 Å². The SMILES string of the molecule is CN(CCCN1CCNCC1)Cc1cc(Br)cs1. The number of thiophene rings is 1. The lowest BCUT2D eigenvalue weighted by atomic mass is 10.3. The van der Waals surface area contributed by atoms with Crippen LogP contribution in [0, 0.1) is 0 Å². The van der Waals surface area contributed by atoms with Gasteiger partial charge in [0.05, 0.1) is 0 Å². The van der Waals surface area contributed by atoms with Crippen molar-refractivity contribution in [1.29, 1.82) is 0 Å². The van der Waals surface area contributed by atoms with E-state index in [0.29, 0.717) is 0 Å². The standard InChI is InChI=1S/C13H22BrN3S/c1-16(10-13-9-12(14)11-18-13)5-2-6-17-7-3-15-4-8-17/h9,11,15H,2-8,10H2,1H3. The molecule has 0 amide bonds. The van der Waals surface area contributed by atoms with Gasteiger partial charge in [-0.05, 0) is 48.6 Å². The molecule has 0 aromatic carbocycles. The van der Waals surface area contributed by atoms with Crippen LogP contribution in [-0.2, 0) is 6.54 Å². The smallest absolute Gasteiger partial charge is 0.0325 e. The van der Waals surface area contributed by atoms with Gasteiger partial charge >= 0.3 is 0 Å². The van der Waals surface area contributed by atoms with Crippen LogP contribution in [0.5, 0.6) is 0 Å². The molecule has 0 spiro atoms. The van der Waals surface area contributed by atoms with Gasteiger partial charge < -0.3 is 15.1 Å². The van der Waals surface area contributed by atoms with Crippen LogP contribution in [0.1, 0.15) is 11.3 Å². The molecular weight excluding hydrogens is 310 g/mol. The van der Waals surface area contributed by atoms with Crippen LogP contribution in [0.15, 0.2) is 15.9 Å². The molecule has 1 fully saturated rings. The van der Waals surface area contributed by atoms with Gasteiger partial charge in [-0.2, -0.15) is 0 Å². The van der Waals surface area contributed by atoms with Gasteiger partial charge in [-0.3, -0.25) is 0 Å². The van der Waals surface area contributed by atoms with E-state index in [0.717, 1.165) is 19.6 Å². The normalized spacial score (nSPS) is 17.5. The number of halogens is 1. The van der Waals surface area contributed by atoms with Gasteiger partial charge in [0, 0.05) is 47.5 Å². The minimum Gasteiger partial charge on any atom is -0.314 e. The summed E-state index contributed by atoms with van der Waals surface area (Å²) >= 11 is 5.34. The molecular formula is C13H22BrN3S. The molecule has 0 bridgehead atoms. The maximum atomic E-state index is 3.51. The molecule has 1 saturated heterocycles. The van der Waals surface area contributed by atoms with Gasteiger partial charge in [0.25, 0.3) is 0 Å². The van der Waals surface area contributed by atoms with Crippen LogP contribution in [0.2, 0.25) is 0 Å². The first-order valence-corrected chi connectivity index (χ1v) is 8.26. The van der Waals surface area contributed by atoms with E-state index >= 15 is 0 Å². The van der Waals surface area contributed by atoms with Crippen molar-refractivity contribution in [3.05, 3.63) is 20.8 Å². The zero-order valence-electron chi connectivity index (χ0n) is 11.0. The fourth-order valence-corrected chi connectivity index (χ4v) is 3.81. The average Bonchev–Trinajstić information content (AvgIpc) is 2.76. The minimum atomic E-state index is 1.07. The highest BCUT2D eigenvalue weighted by Crippen LogP contribution is 2.20. The quantitative estimate of drug-likeness (QED) is 0.862. The molecule has 1 aromatic rings. The summed E-state index contributed by atoms with van der Waals surface area (Å²) in [4.78, 5) is 6.42. The minimum absolute atomic E-state index is 1.07. The summed E-state index contributed by atoms with van der Waals surface area (Å²) in [5.41, 5.74) is 0. The van der Waals surface area contributed by atoms with Gasteiger partial charge in [-0.15, -0.1) is 11.3 Å². The summed E-state index contributed by atoms with van der Waals surface area (Å²) in [6.07, 6.45) is 1.27. The molecule has 2 heterocycles. The molecule has 1 N–H and O–H groups in total. The third-order valence-corrected chi connectivity index (χ3v) is 4.95. The maximum absolute atomic E-state index is 3.51. The van der Waals surface area contributed by atoms with Gasteiger partial charge in [0.1, 0.15) is 0 Å². The van der Waals surface area contributed by atoms with E-state index < -0.39 is 0 Å². The lowest BCUT2D eigenvalue weighted by molar-refractivity contribution is 0.220. The molecule has 102 valence electrons. The van der Waals surface area contributed by atoms with E-state index in [1.807, 2.05) is 11.3 Å². The summed E-state index contributed by atoms with van der Waals surface area (Å²) < 4.78 is 1.21. The molecule has 0 aliphatic carbocycles. The van der Waals surface area contributed by atoms with Crippen LogP contribution < -0.4 is 5.32 Å². The van der Waals surface area contributed by atoms with E-state index in [1.165, 1.54) is 41.9 Å². The van der Waals surface area contributed by atoms with E-state index in [9.17, 15) is 0 Å². The third kappa shape index (κ3) is 4.97. The second-order valence-electron chi connectivity index (χ2n) is 4.91. The largest absolute Gasteiger partial charge is 0.314 e. The highest BCUT2D eigenvalue weighted by molar-refractivity contribution is 9.10. The molecule has 0 atom stereocenters. The zero-order valence-corrected chi connectivity index (χ0v) is 13.4. The van der Waals surface area contributed by atoms with Crippen molar-refractivity contribution < 1.29 is 0 Å². The van der Waals surface area contributed by atoms with Gasteiger partial charge in [0.15, 0.2) is 0 Å². The fourth-order valence-electron chi connectivity index (χ4n) is 2.28. The van der Waals surface area contributed by atoms with Gasteiger partial charge in [0.2, 0.25) is 0 Å². The lowest BCUT2D eigenvalue weighted by Gasteiger charge is -2.27. The topological polar surface area (TPSA) is 18.5 Å². The van der Waals surface area contributed by atoms with Crippen LogP contribution in [0.3, 0.4) is 0 Å². The Morgan fingerprint density at radius 2 is 2.22 bits per heavy atom. The highest BCUT2D eigenvalue weighted by atomic mass is 79.9. The summed E-state index contributed by atoms with van der Waals surface area (Å²) in [5, 5.41) is 5.55. The first-order chi connectivity index (χ1) is 8.74. The van der Waals surface area contributed by atoms with Crippen LogP contribution >= 0.6 is 27.3 Å². The van der Waals surface area contributed by atoms with Crippen molar-refractivity contribution >= 4 is 27.3 Å². The van der Waals surface area contributed by atoms with Crippen molar-refractivity contribution in [2.75, 3.05) is 46.3 Å². The molecule has 1 aliphatic heterocycles. The van der Waals surface area contributed by atoms with Crippen molar-refractivity contribution in [2.24, 2.45) is 0 Å². The Morgan fingerprint density at radius 3 is 2.89 bits per heavy atom. The number of nitrogens with zero attached hydrogens (tertiary/aromatic N) is 2. The predicted molar refractivity (Wildman–Crippen MR) is 82.3 cm³/mol. The summed E-state index contributed by atoms with van der Waals surface area (Å²) in [5.74, 6) is 0. The van der Waals surface area contributed by atoms with Crippen LogP contribution in [0.25, 0.3) is 0 Å². The number of hydrogen-bond donors (Lipinski definition) is 1. The second-order valence-corrected chi connectivity index (χ2v) is 6.83. The molecule has 1 aliphatic rings. The second kappa shape index (κ2) is 7.60. The summed E-state index contributed by atoms with van der Waals surface area (Å²) in [6, 6.07) is 2.22. The Morgan fingerprint density at radius 1 is 1.44 bits per heavy atom. The van der Waals surface area contributed by atoms with E-state index in [1.54, 1.807) is 0 Å². The monoisotopic (exact) mass is 331 g/mol. The van der Waals surface area contributed by atoms with Crippen molar-refractivity contribution in [3.8, 4) is 0 Å². The summed E-state index contributed by atoms with van der Waals surface area (Å²) in [7, 11) is 2.21. The Hall–Kier alpha value is 0.0600. The Balaban J connectivity index is 1.60. The number of piperazine rings is 1. The van der Waals surface area contributed by atoms with E-state index in [-0.39, 0.29) is 0 Å². The zero-order chi connectivity index (χ0) is 12.8. The van der Waals surface area contributed by atoms with E-state index in [2.05, 4.69) is 49.5 Å². The number of rotatable bonds is 6. The van der Waals surface area contributed by atoms with Crippen LogP contribution in [0.4, 0.5) is 0 Å². The molecule has 18 heavy (non-hydrogen) atoms. The molecule has 0 unspecified atom stereocenters. The molecule has 0 radical (unpaired) electrons. The Kier molecular flexibility index (Phi) is 6.11. The average molecular weight is 332 g/mol. The lowest BCUT2D eigenvalue weighted by Crippen LogP contribution is -2.44. The first kappa shape index (κ1) is 14.5. The van der Waals surface area contributed by atoms with E-state index in [4.69, 9.17) is 0 Å². The molecule has 5 heteroatoms. The Labute approximate surface area is 122 Å². The summed E-state index contributed by atoms with van der Waals surface area (Å²) in [6.45, 7) is 8.21. The number of hydrogen-bond acceptors (Lipinski definition) is 4. The predicted octanol–water partition coefficient (Wildman–Crippen LogP) is 2.24. The van der Waals surface area contributed by atoms with Crippen molar-refractivity contribution in [2.45, 2.75) is 13.0 Å². The van der Waals surface area contributed by atoms with Gasteiger partial charge in [-0.25, -0.2) is 0 Å². The first-order valence-electron chi connectivity index (χ1n) is 6.58. The molecule has 0 saturated carbocycles. The highest BCUT2D eigenvalue weighted by Gasteiger charge is 2.09. The fraction of sp³-hybridized carbons (Fsp3) is 0.692. The maximum Gasteiger partial charge on any atom is 0.0325 e. The van der Waals surface area contributed by atoms with Crippen LogP contribution in [-0.4, -0.2) is 56.1 Å². The molecule has 1 aromatic heterocycles. The third-order valence-electron chi connectivity index (χ3n) is 3.27. The molecule has 2 rings (SSSR count). The Bertz CT molecular complexity index is 350. The number of nitrogens with one attached hydrogen (secondary N) is 1. The molecule has 3 nitrogen and oxygen atoms in total. The van der Waals surface area contributed by atoms with Crippen molar-refractivity contribution in [1.82, 2.24) is 15.1 Å². The van der Waals surface area contributed by atoms with Gasteiger partial charge in [-0.1, -0.05) is 0 Å².